The van der Waals surface area contributed by atoms with Crippen LogP contribution in [0.1, 0.15) is 38.7 Å². The third-order valence-electron chi connectivity index (χ3n) is 3.56. The first-order chi connectivity index (χ1) is 7.97. The zero-order chi connectivity index (χ0) is 12.5. The average molecular weight is 298 g/mol. The molecule has 1 N–H and O–H groups in total. The minimum atomic E-state index is -0.542. The fraction of sp³-hybridized carbons (Fsp3) is 0.643. The van der Waals surface area contributed by atoms with Gasteiger partial charge in [-0.2, -0.15) is 0 Å². The van der Waals surface area contributed by atoms with Crippen LogP contribution in [-0.4, -0.2) is 15.7 Å². The van der Waals surface area contributed by atoms with Gasteiger partial charge in [0.2, 0.25) is 0 Å². The van der Waals surface area contributed by atoms with Gasteiger partial charge in [0, 0.05) is 23.3 Å². The molecule has 3 heteroatoms. The van der Waals surface area contributed by atoms with Crippen molar-refractivity contribution in [3.8, 4) is 0 Å². The number of hydrogen-bond donors (Lipinski definition) is 1. The first-order valence-corrected chi connectivity index (χ1v) is 7.08. The molecular formula is C14H20BrNO. The van der Waals surface area contributed by atoms with Gasteiger partial charge in [-0.3, -0.25) is 4.98 Å². The first-order valence-electron chi connectivity index (χ1n) is 6.29. The molecule has 0 spiro atoms. The van der Waals surface area contributed by atoms with Crippen LogP contribution in [0.3, 0.4) is 0 Å². The molecule has 17 heavy (non-hydrogen) atoms. The lowest BCUT2D eigenvalue weighted by atomic mass is 9.71. The second-order valence-corrected chi connectivity index (χ2v) is 6.68. The van der Waals surface area contributed by atoms with Gasteiger partial charge in [0.15, 0.2) is 0 Å². The largest absolute Gasteiger partial charge is 0.390 e. The van der Waals surface area contributed by atoms with Gasteiger partial charge in [-0.05, 0) is 58.7 Å². The van der Waals surface area contributed by atoms with Crippen molar-refractivity contribution in [1.29, 1.82) is 0 Å². The number of nitrogens with zero attached hydrogens (tertiary/aromatic N) is 1. The zero-order valence-corrected chi connectivity index (χ0v) is 12.1. The van der Waals surface area contributed by atoms with Crippen molar-refractivity contribution in [2.45, 2.75) is 45.1 Å². The molecule has 2 rings (SSSR count). The van der Waals surface area contributed by atoms with Crippen LogP contribution >= 0.6 is 15.9 Å². The van der Waals surface area contributed by atoms with Gasteiger partial charge in [0.05, 0.1) is 5.60 Å². The Bertz CT molecular complexity index is 384. The fourth-order valence-electron chi connectivity index (χ4n) is 3.31. The van der Waals surface area contributed by atoms with E-state index in [-0.39, 0.29) is 0 Å². The number of halogens is 1. The van der Waals surface area contributed by atoms with Crippen LogP contribution in [0.2, 0.25) is 0 Å². The molecule has 2 atom stereocenters. The van der Waals surface area contributed by atoms with Crippen molar-refractivity contribution in [1.82, 2.24) is 4.98 Å². The van der Waals surface area contributed by atoms with Crippen LogP contribution in [0.25, 0.3) is 0 Å². The highest BCUT2D eigenvalue weighted by atomic mass is 79.9. The van der Waals surface area contributed by atoms with Crippen LogP contribution in [0.15, 0.2) is 22.9 Å². The van der Waals surface area contributed by atoms with Crippen LogP contribution in [0.5, 0.6) is 0 Å². The summed E-state index contributed by atoms with van der Waals surface area (Å²) in [7, 11) is 0. The summed E-state index contributed by atoms with van der Waals surface area (Å²) in [5.41, 5.74) is 0.572. The molecule has 0 aromatic carbocycles. The Balaban J connectivity index is 2.11. The molecule has 0 bridgehead atoms. The van der Waals surface area contributed by atoms with Gasteiger partial charge in [0.25, 0.3) is 0 Å². The molecular weight excluding hydrogens is 278 g/mol. The predicted molar refractivity (Wildman–Crippen MR) is 72.8 cm³/mol. The highest BCUT2D eigenvalue weighted by Crippen LogP contribution is 2.38. The molecule has 2 nitrogen and oxygen atoms in total. The molecule has 0 saturated heterocycles. The third kappa shape index (κ3) is 3.52. The summed E-state index contributed by atoms with van der Waals surface area (Å²) in [5.74, 6) is 1.23. The molecule has 0 radical (unpaired) electrons. The van der Waals surface area contributed by atoms with E-state index in [1.54, 1.807) is 6.20 Å². The number of pyridine rings is 1. The number of aliphatic hydroxyl groups is 1. The summed E-state index contributed by atoms with van der Waals surface area (Å²) in [5, 5.41) is 10.7. The fourth-order valence-corrected chi connectivity index (χ4v) is 3.72. The smallest absolute Gasteiger partial charge is 0.0693 e. The van der Waals surface area contributed by atoms with Gasteiger partial charge in [-0.15, -0.1) is 0 Å². The molecule has 0 amide bonds. The van der Waals surface area contributed by atoms with E-state index in [0.29, 0.717) is 18.3 Å². The Morgan fingerprint density at radius 1 is 1.35 bits per heavy atom. The molecule has 2 unspecified atom stereocenters. The standard InChI is InChI=1S/C14H20BrNO/c1-10-3-11(2)6-14(17,5-10)7-12-4-13(15)9-16-8-12/h4,8-11,17H,3,5-7H2,1-2H3. The molecule has 1 saturated carbocycles. The molecule has 1 fully saturated rings. The topological polar surface area (TPSA) is 33.1 Å². The molecule has 0 aliphatic heterocycles. The van der Waals surface area contributed by atoms with E-state index in [2.05, 4.69) is 40.8 Å². The van der Waals surface area contributed by atoms with Crippen molar-refractivity contribution < 1.29 is 5.11 Å². The summed E-state index contributed by atoms with van der Waals surface area (Å²) < 4.78 is 0.982. The summed E-state index contributed by atoms with van der Waals surface area (Å²) in [6.07, 6.45) is 7.40. The minimum Gasteiger partial charge on any atom is -0.390 e. The Morgan fingerprint density at radius 3 is 2.59 bits per heavy atom. The van der Waals surface area contributed by atoms with E-state index in [1.165, 1.54) is 6.42 Å². The molecule has 1 aromatic rings. The summed E-state index contributed by atoms with van der Waals surface area (Å²) in [6, 6.07) is 2.05. The molecule has 1 aliphatic carbocycles. The first kappa shape index (κ1) is 13.0. The van der Waals surface area contributed by atoms with Crippen LogP contribution in [0.4, 0.5) is 0 Å². The van der Waals surface area contributed by atoms with Crippen molar-refractivity contribution in [2.75, 3.05) is 0 Å². The van der Waals surface area contributed by atoms with E-state index < -0.39 is 5.60 Å². The maximum absolute atomic E-state index is 10.7. The third-order valence-corrected chi connectivity index (χ3v) is 3.99. The maximum atomic E-state index is 10.7. The van der Waals surface area contributed by atoms with Gasteiger partial charge in [0.1, 0.15) is 0 Å². The number of aromatic nitrogens is 1. The van der Waals surface area contributed by atoms with Crippen LogP contribution in [-0.2, 0) is 6.42 Å². The monoisotopic (exact) mass is 297 g/mol. The van der Waals surface area contributed by atoms with Crippen molar-refractivity contribution in [3.05, 3.63) is 28.5 Å². The summed E-state index contributed by atoms with van der Waals surface area (Å²) >= 11 is 3.42. The molecule has 94 valence electrons. The van der Waals surface area contributed by atoms with Gasteiger partial charge >= 0.3 is 0 Å². The predicted octanol–water partition coefficient (Wildman–Crippen LogP) is 3.57. The van der Waals surface area contributed by atoms with Crippen LogP contribution < -0.4 is 0 Å². The number of hydrogen-bond acceptors (Lipinski definition) is 2. The molecule has 1 aromatic heterocycles. The molecule has 1 aliphatic rings. The van der Waals surface area contributed by atoms with Crippen molar-refractivity contribution >= 4 is 15.9 Å². The minimum absolute atomic E-state index is 0.542. The van der Waals surface area contributed by atoms with E-state index in [0.717, 1.165) is 22.9 Å². The van der Waals surface area contributed by atoms with Crippen molar-refractivity contribution in [2.24, 2.45) is 11.8 Å². The summed E-state index contributed by atoms with van der Waals surface area (Å²) in [6.45, 7) is 4.47. The Kier molecular flexibility index (Phi) is 3.88. The molecule has 1 heterocycles. The van der Waals surface area contributed by atoms with E-state index in [9.17, 15) is 5.11 Å². The van der Waals surface area contributed by atoms with Gasteiger partial charge in [-0.25, -0.2) is 0 Å². The average Bonchev–Trinajstić information content (AvgIpc) is 2.13. The van der Waals surface area contributed by atoms with Crippen molar-refractivity contribution in [3.63, 3.8) is 0 Å². The Morgan fingerprint density at radius 2 is 2.00 bits per heavy atom. The Labute approximate surface area is 112 Å². The maximum Gasteiger partial charge on any atom is 0.0693 e. The lowest BCUT2D eigenvalue weighted by Crippen LogP contribution is -2.39. The van der Waals surface area contributed by atoms with Gasteiger partial charge in [-0.1, -0.05) is 13.8 Å². The number of rotatable bonds is 2. The lowest BCUT2D eigenvalue weighted by molar-refractivity contribution is -0.0305. The van der Waals surface area contributed by atoms with E-state index in [1.807, 2.05) is 6.20 Å². The van der Waals surface area contributed by atoms with E-state index in [4.69, 9.17) is 0 Å². The lowest BCUT2D eigenvalue weighted by Gasteiger charge is -2.39. The van der Waals surface area contributed by atoms with E-state index >= 15 is 0 Å². The van der Waals surface area contributed by atoms with Crippen LogP contribution in [0, 0.1) is 11.8 Å². The zero-order valence-electron chi connectivity index (χ0n) is 10.5. The quantitative estimate of drug-likeness (QED) is 0.905. The van der Waals surface area contributed by atoms with Gasteiger partial charge < -0.3 is 5.11 Å². The SMILES string of the molecule is CC1CC(C)CC(O)(Cc2cncc(Br)c2)C1. The highest BCUT2D eigenvalue weighted by Gasteiger charge is 2.36. The normalized spacial score (nSPS) is 33.6. The second kappa shape index (κ2) is 5.07. The Hall–Kier alpha value is -0.410. The highest BCUT2D eigenvalue weighted by molar-refractivity contribution is 9.10. The second-order valence-electron chi connectivity index (χ2n) is 5.77. The summed E-state index contributed by atoms with van der Waals surface area (Å²) in [4.78, 5) is 4.16.